The number of hydrogen-bond donors (Lipinski definition) is 1. The summed E-state index contributed by atoms with van der Waals surface area (Å²) in [5, 5.41) is 3.17. The Kier molecular flexibility index (Phi) is 3.72. The van der Waals surface area contributed by atoms with Gasteiger partial charge in [0, 0.05) is 31.4 Å². The normalized spacial score (nSPS) is 17.8. The molecule has 1 N–H and O–H groups in total. The van der Waals surface area contributed by atoms with E-state index in [1.807, 2.05) is 13.2 Å². The minimum atomic E-state index is 0.836. The lowest BCUT2D eigenvalue weighted by molar-refractivity contribution is 0.435. The van der Waals surface area contributed by atoms with Gasteiger partial charge in [-0.05, 0) is 25.8 Å². The highest BCUT2D eigenvalue weighted by Crippen LogP contribution is 2.23. The third-order valence-corrected chi connectivity index (χ3v) is 3.21. The Bertz CT molecular complexity index is 332. The standard InChI is InChI=1S/C12H20N4/c1-10-3-5-16(6-4-10)12-11(7-13-2)8-14-9-15-12/h8-10,13H,3-7H2,1-2H3. The van der Waals surface area contributed by atoms with Crippen LogP contribution in [-0.2, 0) is 6.54 Å². The fourth-order valence-electron chi connectivity index (χ4n) is 2.17. The van der Waals surface area contributed by atoms with E-state index in [4.69, 9.17) is 0 Å². The van der Waals surface area contributed by atoms with Crippen LogP contribution in [-0.4, -0.2) is 30.1 Å². The first-order valence-corrected chi connectivity index (χ1v) is 5.99. The van der Waals surface area contributed by atoms with Crippen molar-refractivity contribution in [2.75, 3.05) is 25.0 Å². The summed E-state index contributed by atoms with van der Waals surface area (Å²) < 4.78 is 0. The van der Waals surface area contributed by atoms with Gasteiger partial charge in [0.15, 0.2) is 0 Å². The molecule has 0 amide bonds. The number of aromatic nitrogens is 2. The zero-order valence-electron chi connectivity index (χ0n) is 10.1. The molecule has 0 atom stereocenters. The van der Waals surface area contributed by atoms with E-state index >= 15 is 0 Å². The molecule has 0 saturated carbocycles. The van der Waals surface area contributed by atoms with E-state index in [1.54, 1.807) is 6.33 Å². The summed E-state index contributed by atoms with van der Waals surface area (Å²) in [6, 6.07) is 0. The second-order valence-electron chi connectivity index (χ2n) is 4.57. The largest absolute Gasteiger partial charge is 0.356 e. The lowest BCUT2D eigenvalue weighted by atomic mass is 9.99. The van der Waals surface area contributed by atoms with Gasteiger partial charge in [0.25, 0.3) is 0 Å². The van der Waals surface area contributed by atoms with Crippen LogP contribution in [0, 0.1) is 5.92 Å². The molecule has 1 fully saturated rings. The number of nitrogens with one attached hydrogen (secondary N) is 1. The number of rotatable bonds is 3. The van der Waals surface area contributed by atoms with E-state index in [0.29, 0.717) is 0 Å². The second kappa shape index (κ2) is 5.25. The van der Waals surface area contributed by atoms with Crippen LogP contribution in [0.2, 0.25) is 0 Å². The maximum absolute atomic E-state index is 4.42. The number of hydrogen-bond acceptors (Lipinski definition) is 4. The molecule has 0 spiro atoms. The fraction of sp³-hybridized carbons (Fsp3) is 0.667. The molecule has 1 saturated heterocycles. The first kappa shape index (κ1) is 11.3. The van der Waals surface area contributed by atoms with Gasteiger partial charge in [-0.25, -0.2) is 9.97 Å². The van der Waals surface area contributed by atoms with Crippen LogP contribution in [0.15, 0.2) is 12.5 Å². The summed E-state index contributed by atoms with van der Waals surface area (Å²) in [5.41, 5.74) is 1.19. The van der Waals surface area contributed by atoms with Gasteiger partial charge in [-0.1, -0.05) is 6.92 Å². The molecule has 16 heavy (non-hydrogen) atoms. The van der Waals surface area contributed by atoms with E-state index in [0.717, 1.165) is 31.4 Å². The summed E-state index contributed by atoms with van der Waals surface area (Å²) >= 11 is 0. The van der Waals surface area contributed by atoms with Crippen LogP contribution in [0.3, 0.4) is 0 Å². The molecular formula is C12H20N4. The predicted molar refractivity (Wildman–Crippen MR) is 65.4 cm³/mol. The number of anilines is 1. The molecular weight excluding hydrogens is 200 g/mol. The zero-order valence-corrected chi connectivity index (χ0v) is 10.1. The molecule has 1 aromatic heterocycles. The lowest BCUT2D eigenvalue weighted by Crippen LogP contribution is -2.34. The monoisotopic (exact) mass is 220 g/mol. The molecule has 1 aliphatic heterocycles. The fourth-order valence-corrected chi connectivity index (χ4v) is 2.17. The van der Waals surface area contributed by atoms with Crippen LogP contribution in [0.4, 0.5) is 5.82 Å². The van der Waals surface area contributed by atoms with Crippen LogP contribution in [0.5, 0.6) is 0 Å². The van der Waals surface area contributed by atoms with Gasteiger partial charge >= 0.3 is 0 Å². The number of nitrogens with zero attached hydrogens (tertiary/aromatic N) is 3. The van der Waals surface area contributed by atoms with Gasteiger partial charge < -0.3 is 10.2 Å². The van der Waals surface area contributed by atoms with E-state index < -0.39 is 0 Å². The molecule has 0 bridgehead atoms. The first-order chi connectivity index (χ1) is 7.81. The smallest absolute Gasteiger partial charge is 0.136 e. The van der Waals surface area contributed by atoms with Gasteiger partial charge in [-0.3, -0.25) is 0 Å². The second-order valence-corrected chi connectivity index (χ2v) is 4.57. The summed E-state index contributed by atoms with van der Waals surface area (Å²) in [4.78, 5) is 10.9. The van der Waals surface area contributed by atoms with Crippen molar-refractivity contribution in [3.63, 3.8) is 0 Å². The van der Waals surface area contributed by atoms with Gasteiger partial charge in [0.1, 0.15) is 12.1 Å². The molecule has 0 aliphatic carbocycles. The van der Waals surface area contributed by atoms with Crippen LogP contribution in [0.25, 0.3) is 0 Å². The first-order valence-electron chi connectivity index (χ1n) is 5.99. The third-order valence-electron chi connectivity index (χ3n) is 3.21. The maximum Gasteiger partial charge on any atom is 0.136 e. The Morgan fingerprint density at radius 3 is 2.88 bits per heavy atom. The van der Waals surface area contributed by atoms with Crippen molar-refractivity contribution in [1.29, 1.82) is 0 Å². The maximum atomic E-state index is 4.42. The van der Waals surface area contributed by atoms with Gasteiger partial charge in [-0.2, -0.15) is 0 Å². The van der Waals surface area contributed by atoms with Crippen molar-refractivity contribution in [2.45, 2.75) is 26.3 Å². The highest BCUT2D eigenvalue weighted by Gasteiger charge is 2.18. The van der Waals surface area contributed by atoms with Crippen molar-refractivity contribution >= 4 is 5.82 Å². The SMILES string of the molecule is CNCc1cncnc1N1CCC(C)CC1. The Labute approximate surface area is 97.1 Å². The zero-order chi connectivity index (χ0) is 11.4. The van der Waals surface area contributed by atoms with Crippen LogP contribution in [0.1, 0.15) is 25.3 Å². The third kappa shape index (κ3) is 2.50. The topological polar surface area (TPSA) is 41.1 Å². The Morgan fingerprint density at radius 2 is 2.19 bits per heavy atom. The highest BCUT2D eigenvalue weighted by molar-refractivity contribution is 5.45. The van der Waals surface area contributed by atoms with Crippen molar-refractivity contribution < 1.29 is 0 Å². The quantitative estimate of drug-likeness (QED) is 0.836. The van der Waals surface area contributed by atoms with Crippen molar-refractivity contribution in [3.05, 3.63) is 18.1 Å². The molecule has 88 valence electrons. The summed E-state index contributed by atoms with van der Waals surface area (Å²) in [5.74, 6) is 1.96. The molecule has 4 heteroatoms. The van der Waals surface area contributed by atoms with E-state index in [-0.39, 0.29) is 0 Å². The summed E-state index contributed by atoms with van der Waals surface area (Å²) in [6.45, 7) is 5.40. The van der Waals surface area contributed by atoms with E-state index in [9.17, 15) is 0 Å². The van der Waals surface area contributed by atoms with Gasteiger partial charge in [-0.15, -0.1) is 0 Å². The molecule has 2 heterocycles. The Balaban J connectivity index is 2.13. The van der Waals surface area contributed by atoms with Crippen LogP contribution < -0.4 is 10.2 Å². The van der Waals surface area contributed by atoms with Crippen molar-refractivity contribution in [1.82, 2.24) is 15.3 Å². The average molecular weight is 220 g/mol. The number of piperidine rings is 1. The molecule has 1 aromatic rings. The Morgan fingerprint density at radius 1 is 1.44 bits per heavy atom. The van der Waals surface area contributed by atoms with E-state index in [2.05, 4.69) is 27.1 Å². The predicted octanol–water partition coefficient (Wildman–Crippen LogP) is 1.43. The summed E-state index contributed by atoms with van der Waals surface area (Å²) in [7, 11) is 1.95. The molecule has 4 nitrogen and oxygen atoms in total. The molecule has 0 unspecified atom stereocenters. The van der Waals surface area contributed by atoms with Gasteiger partial charge in [0.2, 0.25) is 0 Å². The highest BCUT2D eigenvalue weighted by atomic mass is 15.2. The lowest BCUT2D eigenvalue weighted by Gasteiger charge is -2.32. The Hall–Kier alpha value is -1.16. The summed E-state index contributed by atoms with van der Waals surface area (Å²) in [6.07, 6.45) is 6.09. The molecule has 0 radical (unpaired) electrons. The van der Waals surface area contributed by atoms with Crippen molar-refractivity contribution in [3.8, 4) is 0 Å². The molecule has 0 aromatic carbocycles. The minimum Gasteiger partial charge on any atom is -0.356 e. The van der Waals surface area contributed by atoms with Gasteiger partial charge in [0.05, 0.1) is 0 Å². The molecule has 2 rings (SSSR count). The van der Waals surface area contributed by atoms with Crippen molar-refractivity contribution in [2.24, 2.45) is 5.92 Å². The van der Waals surface area contributed by atoms with Crippen LogP contribution >= 0.6 is 0 Å². The molecule has 1 aliphatic rings. The minimum absolute atomic E-state index is 0.836. The van der Waals surface area contributed by atoms with E-state index in [1.165, 1.54) is 18.4 Å². The average Bonchev–Trinajstić information content (AvgIpc) is 2.32.